The van der Waals surface area contributed by atoms with Crippen molar-refractivity contribution in [1.82, 2.24) is 0 Å². The molecule has 5 aliphatic rings. The van der Waals surface area contributed by atoms with Crippen molar-refractivity contribution in [3.8, 4) is 0 Å². The van der Waals surface area contributed by atoms with Crippen LogP contribution in [0.3, 0.4) is 0 Å². The normalized spacial score (nSPS) is 40.6. The molecule has 0 aromatic carbocycles. The summed E-state index contributed by atoms with van der Waals surface area (Å²) in [6.45, 7) is 5.82. The number of hydrogen-bond donors (Lipinski definition) is 1. The molecule has 4 aliphatic carbocycles. The van der Waals surface area contributed by atoms with Crippen molar-refractivity contribution in [1.29, 1.82) is 0 Å². The van der Waals surface area contributed by atoms with Crippen molar-refractivity contribution in [2.24, 2.45) is 28.6 Å². The molecule has 0 amide bonds. The van der Waals surface area contributed by atoms with Gasteiger partial charge in [-0.05, 0) is 56.4 Å². The lowest BCUT2D eigenvalue weighted by molar-refractivity contribution is -0.324. The van der Waals surface area contributed by atoms with Crippen molar-refractivity contribution in [3.05, 3.63) is 35.1 Å². The molecule has 196 valence electrons. The first kappa shape index (κ1) is 25.4. The molecule has 1 saturated heterocycles. The molecule has 1 unspecified atom stereocenters. The Bertz CT molecular complexity index is 1070. The molecule has 0 radical (unpaired) electrons. The van der Waals surface area contributed by atoms with Gasteiger partial charge in [0.25, 0.3) is 0 Å². The Balaban J connectivity index is 1.65. The maximum atomic E-state index is 12.5. The summed E-state index contributed by atoms with van der Waals surface area (Å²) in [4.78, 5) is 41.4. The average molecular weight is 501 g/mol. The van der Waals surface area contributed by atoms with E-state index in [1.807, 2.05) is 0 Å². The minimum absolute atomic E-state index is 0.0135. The third-order valence-electron chi connectivity index (χ3n) is 9.99. The molecule has 0 bridgehead atoms. The molecule has 0 aromatic rings. The SMILES string of the molecule is COC(/C=C(\OC(C)=O)[C@@H]1CC2=CC(=O)CC[C@]2(C)C2=CC[C@@]3(C)[C@@H](CC[C@@]34CCC(=O)O4)[C@@H]21)OO. The van der Waals surface area contributed by atoms with Gasteiger partial charge in [0, 0.05) is 49.7 Å². The minimum Gasteiger partial charge on any atom is -0.458 e. The van der Waals surface area contributed by atoms with Crippen molar-refractivity contribution < 1.29 is 38.7 Å². The number of fused-ring (bicyclic) bond motifs is 6. The van der Waals surface area contributed by atoms with E-state index in [0.29, 0.717) is 25.0 Å². The van der Waals surface area contributed by atoms with Gasteiger partial charge in [-0.25, -0.2) is 10.1 Å². The van der Waals surface area contributed by atoms with Gasteiger partial charge in [0.2, 0.25) is 6.29 Å². The molecule has 1 spiro atoms. The van der Waals surface area contributed by atoms with Crippen LogP contribution in [0.2, 0.25) is 0 Å². The van der Waals surface area contributed by atoms with Gasteiger partial charge in [0.05, 0.1) is 0 Å². The van der Waals surface area contributed by atoms with Crippen LogP contribution < -0.4 is 0 Å². The molecule has 1 heterocycles. The Morgan fingerprint density at radius 2 is 2.00 bits per heavy atom. The van der Waals surface area contributed by atoms with Gasteiger partial charge in [0.15, 0.2) is 5.78 Å². The zero-order valence-corrected chi connectivity index (χ0v) is 21.5. The monoisotopic (exact) mass is 500 g/mol. The summed E-state index contributed by atoms with van der Waals surface area (Å²) in [5, 5.41) is 9.33. The molecule has 8 nitrogen and oxygen atoms in total. The highest BCUT2D eigenvalue weighted by molar-refractivity contribution is 5.92. The molecule has 7 atom stereocenters. The van der Waals surface area contributed by atoms with Crippen molar-refractivity contribution in [2.75, 3.05) is 7.11 Å². The van der Waals surface area contributed by atoms with Gasteiger partial charge in [-0.15, -0.1) is 0 Å². The first-order chi connectivity index (χ1) is 17.1. The lowest BCUT2D eigenvalue weighted by Crippen LogP contribution is -2.53. The molecule has 0 aromatic heterocycles. The molecule has 8 heteroatoms. The second-order valence-corrected chi connectivity index (χ2v) is 11.6. The van der Waals surface area contributed by atoms with Crippen molar-refractivity contribution >= 4 is 17.7 Å². The van der Waals surface area contributed by atoms with E-state index in [0.717, 1.165) is 37.7 Å². The molecule has 2 saturated carbocycles. The van der Waals surface area contributed by atoms with E-state index in [1.54, 1.807) is 6.08 Å². The highest BCUT2D eigenvalue weighted by atomic mass is 17.1. The predicted molar refractivity (Wildman–Crippen MR) is 128 cm³/mol. The van der Waals surface area contributed by atoms with Gasteiger partial charge < -0.3 is 14.2 Å². The molecular weight excluding hydrogens is 464 g/mol. The van der Waals surface area contributed by atoms with E-state index in [2.05, 4.69) is 24.8 Å². The summed E-state index contributed by atoms with van der Waals surface area (Å²) in [5.41, 5.74) is 1.36. The van der Waals surface area contributed by atoms with E-state index in [-0.39, 0.29) is 40.3 Å². The summed E-state index contributed by atoms with van der Waals surface area (Å²) in [6.07, 6.45) is 9.98. The van der Waals surface area contributed by atoms with E-state index >= 15 is 0 Å². The Morgan fingerprint density at radius 1 is 1.22 bits per heavy atom. The summed E-state index contributed by atoms with van der Waals surface area (Å²) in [5.74, 6) is -0.181. The predicted octanol–water partition coefficient (Wildman–Crippen LogP) is 4.65. The molecule has 1 N–H and O–H groups in total. The zero-order chi connectivity index (χ0) is 25.9. The van der Waals surface area contributed by atoms with Gasteiger partial charge >= 0.3 is 11.9 Å². The summed E-state index contributed by atoms with van der Waals surface area (Å²) >= 11 is 0. The quantitative estimate of drug-likeness (QED) is 0.145. The Labute approximate surface area is 211 Å². The van der Waals surface area contributed by atoms with Crippen LogP contribution in [0.4, 0.5) is 0 Å². The van der Waals surface area contributed by atoms with Crippen LogP contribution in [0.5, 0.6) is 0 Å². The molecule has 5 rings (SSSR count). The third kappa shape index (κ3) is 3.72. The minimum atomic E-state index is -1.11. The summed E-state index contributed by atoms with van der Waals surface area (Å²) < 4.78 is 17.0. The Morgan fingerprint density at radius 3 is 2.64 bits per heavy atom. The second-order valence-electron chi connectivity index (χ2n) is 11.6. The fourth-order valence-electron chi connectivity index (χ4n) is 8.10. The van der Waals surface area contributed by atoms with Crippen LogP contribution in [-0.2, 0) is 33.5 Å². The number of allylic oxidation sites excluding steroid dienone is 5. The largest absolute Gasteiger partial charge is 0.458 e. The molecule has 36 heavy (non-hydrogen) atoms. The van der Waals surface area contributed by atoms with Crippen LogP contribution in [0.25, 0.3) is 0 Å². The lowest BCUT2D eigenvalue weighted by atomic mass is 9.48. The van der Waals surface area contributed by atoms with Gasteiger partial charge in [0.1, 0.15) is 11.4 Å². The number of esters is 2. The van der Waals surface area contributed by atoms with Crippen LogP contribution >= 0.6 is 0 Å². The summed E-state index contributed by atoms with van der Waals surface area (Å²) in [7, 11) is 1.39. The fourth-order valence-corrected chi connectivity index (χ4v) is 8.10. The lowest BCUT2D eigenvalue weighted by Gasteiger charge is -2.57. The number of methoxy groups -OCH3 is 1. The Kier molecular flexibility index (Phi) is 6.29. The maximum Gasteiger partial charge on any atom is 0.307 e. The standard InChI is InChI=1S/C28H36O8/c1-16(29)34-22(15-24(33-4)36-32)19-14-17-13-18(30)5-9-26(17,2)20-6-10-27(3)21(25(19)20)7-11-28(27)12-8-23(31)35-28/h6,13,15,19,21,24-25,32H,5,7-12,14H2,1-4H3/b22-15-/t19-,21-,24?,25+,26-,27-,28+/m0/s1. The van der Waals surface area contributed by atoms with Gasteiger partial charge in [-0.1, -0.05) is 31.1 Å². The summed E-state index contributed by atoms with van der Waals surface area (Å²) in [6, 6.07) is 0. The first-order valence-electron chi connectivity index (χ1n) is 13.0. The van der Waals surface area contributed by atoms with E-state index < -0.39 is 17.9 Å². The fraction of sp³-hybridized carbons (Fsp3) is 0.679. The highest BCUT2D eigenvalue weighted by Gasteiger charge is 2.67. The molecular formula is C28H36O8. The molecule has 3 fully saturated rings. The van der Waals surface area contributed by atoms with Crippen molar-refractivity contribution in [2.45, 2.75) is 84.0 Å². The van der Waals surface area contributed by atoms with E-state index in [1.165, 1.54) is 25.7 Å². The smallest absolute Gasteiger partial charge is 0.307 e. The number of rotatable bonds is 5. The van der Waals surface area contributed by atoms with E-state index in [4.69, 9.17) is 14.2 Å². The number of hydrogen-bond acceptors (Lipinski definition) is 8. The number of ketones is 1. The Hall–Kier alpha value is -2.29. The van der Waals surface area contributed by atoms with Gasteiger partial charge in [-0.2, -0.15) is 0 Å². The number of ether oxygens (including phenoxy) is 3. The zero-order valence-electron chi connectivity index (χ0n) is 21.5. The molecule has 1 aliphatic heterocycles. The van der Waals surface area contributed by atoms with Crippen LogP contribution in [-0.4, -0.2) is 42.0 Å². The maximum absolute atomic E-state index is 12.5. The first-order valence-corrected chi connectivity index (χ1v) is 13.0. The van der Waals surface area contributed by atoms with Gasteiger partial charge in [-0.3, -0.25) is 14.4 Å². The van der Waals surface area contributed by atoms with E-state index in [9.17, 15) is 19.6 Å². The second kappa shape index (κ2) is 8.92. The number of carbonyl (C=O) groups excluding carboxylic acids is 3. The van der Waals surface area contributed by atoms with Crippen LogP contribution in [0.15, 0.2) is 35.1 Å². The third-order valence-corrected chi connectivity index (χ3v) is 9.99. The van der Waals surface area contributed by atoms with Crippen LogP contribution in [0, 0.1) is 28.6 Å². The topological polar surface area (TPSA) is 108 Å². The number of carbonyl (C=O) groups is 3. The van der Waals surface area contributed by atoms with Crippen LogP contribution in [0.1, 0.15) is 72.1 Å². The average Bonchev–Trinajstić information content (AvgIpc) is 3.36. The van der Waals surface area contributed by atoms with Crippen molar-refractivity contribution in [3.63, 3.8) is 0 Å². The highest BCUT2D eigenvalue weighted by Crippen LogP contribution is 2.69.